The van der Waals surface area contributed by atoms with Gasteiger partial charge >= 0.3 is 0 Å². The first-order valence-corrected chi connectivity index (χ1v) is 6.82. The highest BCUT2D eigenvalue weighted by molar-refractivity contribution is 5.37. The van der Waals surface area contributed by atoms with Gasteiger partial charge in [-0.1, -0.05) is 6.92 Å². The summed E-state index contributed by atoms with van der Waals surface area (Å²) in [6.45, 7) is 6.65. The molecule has 1 fully saturated rings. The molecule has 1 aromatic rings. The molecule has 2 rings (SSSR count). The summed E-state index contributed by atoms with van der Waals surface area (Å²) in [6, 6.07) is 4.50. The molecule has 0 aliphatic carbocycles. The lowest BCUT2D eigenvalue weighted by molar-refractivity contribution is 0.194. The van der Waals surface area contributed by atoms with Crippen LogP contribution in [-0.2, 0) is 6.54 Å². The Morgan fingerprint density at radius 1 is 1.56 bits per heavy atom. The summed E-state index contributed by atoms with van der Waals surface area (Å²) in [4.78, 5) is 9.28. The molecular weight excluding hydrogens is 224 g/mol. The molecule has 1 aliphatic heterocycles. The van der Waals surface area contributed by atoms with Gasteiger partial charge in [-0.2, -0.15) is 0 Å². The van der Waals surface area contributed by atoms with Gasteiger partial charge in [-0.25, -0.2) is 0 Å². The van der Waals surface area contributed by atoms with Gasteiger partial charge in [-0.3, -0.25) is 14.8 Å². The largest absolute Gasteiger partial charge is 0.399 e. The number of nitrogens with two attached hydrogens (primary N) is 1. The molecule has 1 saturated heterocycles. The molecule has 4 nitrogen and oxygen atoms in total. The molecule has 0 bridgehead atoms. The number of anilines is 1. The van der Waals surface area contributed by atoms with Crippen LogP contribution < -0.4 is 5.73 Å². The molecule has 2 N–H and O–H groups in total. The van der Waals surface area contributed by atoms with E-state index in [1.165, 1.54) is 19.4 Å². The van der Waals surface area contributed by atoms with E-state index in [2.05, 4.69) is 28.8 Å². The number of rotatable bonds is 5. The first-order chi connectivity index (χ1) is 8.69. The van der Waals surface area contributed by atoms with Crippen LogP contribution in [0.2, 0.25) is 0 Å². The maximum absolute atomic E-state index is 5.77. The number of pyridine rings is 1. The molecule has 1 unspecified atom stereocenters. The summed E-state index contributed by atoms with van der Waals surface area (Å²) in [5, 5.41) is 0. The molecule has 100 valence electrons. The third-order valence-corrected chi connectivity index (χ3v) is 3.70. The van der Waals surface area contributed by atoms with Gasteiger partial charge in [0.1, 0.15) is 0 Å². The van der Waals surface area contributed by atoms with E-state index >= 15 is 0 Å². The van der Waals surface area contributed by atoms with Crippen LogP contribution in [0.1, 0.15) is 25.5 Å². The highest BCUT2D eigenvalue weighted by Crippen LogP contribution is 2.17. The Balaban J connectivity index is 1.86. The van der Waals surface area contributed by atoms with Gasteiger partial charge in [0.15, 0.2) is 0 Å². The Hall–Kier alpha value is -1.13. The first kappa shape index (κ1) is 13.3. The second-order valence-electron chi connectivity index (χ2n) is 5.20. The van der Waals surface area contributed by atoms with Crippen molar-refractivity contribution in [1.82, 2.24) is 14.8 Å². The lowest BCUT2D eigenvalue weighted by atomic mass is 10.2. The van der Waals surface area contributed by atoms with Crippen LogP contribution in [0.15, 0.2) is 18.3 Å². The monoisotopic (exact) mass is 248 g/mol. The van der Waals surface area contributed by atoms with Crippen molar-refractivity contribution in [2.75, 3.05) is 32.4 Å². The third-order valence-electron chi connectivity index (χ3n) is 3.70. The molecule has 1 aromatic heterocycles. The van der Waals surface area contributed by atoms with Crippen molar-refractivity contribution in [2.24, 2.45) is 0 Å². The maximum Gasteiger partial charge on any atom is 0.0564 e. The lowest BCUT2D eigenvalue weighted by Crippen LogP contribution is -2.38. The Kier molecular flexibility index (Phi) is 4.55. The molecule has 0 spiro atoms. The summed E-state index contributed by atoms with van der Waals surface area (Å²) in [5.41, 5.74) is 7.62. The van der Waals surface area contributed by atoms with E-state index in [0.717, 1.165) is 31.0 Å². The van der Waals surface area contributed by atoms with Gasteiger partial charge in [-0.15, -0.1) is 0 Å². The van der Waals surface area contributed by atoms with E-state index in [1.54, 1.807) is 6.20 Å². The molecule has 2 heterocycles. The normalized spacial score (nSPS) is 20.7. The van der Waals surface area contributed by atoms with Crippen LogP contribution >= 0.6 is 0 Å². The van der Waals surface area contributed by atoms with Crippen molar-refractivity contribution in [1.29, 1.82) is 0 Å². The van der Waals surface area contributed by atoms with Crippen LogP contribution in [0.4, 0.5) is 5.69 Å². The van der Waals surface area contributed by atoms with Crippen LogP contribution in [0.3, 0.4) is 0 Å². The molecule has 0 amide bonds. The van der Waals surface area contributed by atoms with Gasteiger partial charge < -0.3 is 5.73 Å². The van der Waals surface area contributed by atoms with Gasteiger partial charge in [0.05, 0.1) is 5.69 Å². The molecular formula is C14H24N4. The number of hydrogen-bond donors (Lipinski definition) is 1. The third kappa shape index (κ3) is 3.43. The van der Waals surface area contributed by atoms with E-state index in [-0.39, 0.29) is 0 Å². The predicted octanol–water partition coefficient (Wildman–Crippen LogP) is 1.58. The Morgan fingerprint density at radius 3 is 3.11 bits per heavy atom. The average Bonchev–Trinajstić information content (AvgIpc) is 2.76. The van der Waals surface area contributed by atoms with Crippen molar-refractivity contribution in [3.63, 3.8) is 0 Å². The van der Waals surface area contributed by atoms with Gasteiger partial charge in [0, 0.05) is 31.0 Å². The smallest absolute Gasteiger partial charge is 0.0564 e. The SMILES string of the molecule is CCN1CCCC1CN(C)Cc1cc(N)ccn1. The van der Waals surface area contributed by atoms with E-state index in [1.807, 2.05) is 12.1 Å². The van der Waals surface area contributed by atoms with Crippen molar-refractivity contribution in [2.45, 2.75) is 32.4 Å². The number of likely N-dealkylation sites (tertiary alicyclic amines) is 1. The summed E-state index contributed by atoms with van der Waals surface area (Å²) < 4.78 is 0. The van der Waals surface area contributed by atoms with E-state index in [0.29, 0.717) is 6.04 Å². The zero-order valence-electron chi connectivity index (χ0n) is 11.5. The number of likely N-dealkylation sites (N-methyl/N-ethyl adjacent to an activating group) is 2. The average molecular weight is 248 g/mol. The number of nitrogens with zero attached hydrogens (tertiary/aromatic N) is 3. The van der Waals surface area contributed by atoms with Crippen molar-refractivity contribution >= 4 is 5.69 Å². The van der Waals surface area contributed by atoms with Crippen LogP contribution in [-0.4, -0.2) is 47.5 Å². The summed E-state index contributed by atoms with van der Waals surface area (Å²) in [7, 11) is 2.16. The Morgan fingerprint density at radius 2 is 2.39 bits per heavy atom. The highest BCUT2D eigenvalue weighted by atomic mass is 15.2. The van der Waals surface area contributed by atoms with Crippen LogP contribution in [0.25, 0.3) is 0 Å². The zero-order valence-corrected chi connectivity index (χ0v) is 11.5. The molecule has 0 saturated carbocycles. The minimum atomic E-state index is 0.709. The first-order valence-electron chi connectivity index (χ1n) is 6.82. The fourth-order valence-corrected chi connectivity index (χ4v) is 2.80. The predicted molar refractivity (Wildman–Crippen MR) is 75.3 cm³/mol. The quantitative estimate of drug-likeness (QED) is 0.859. The molecule has 1 aliphatic rings. The van der Waals surface area contributed by atoms with E-state index in [9.17, 15) is 0 Å². The maximum atomic E-state index is 5.77. The lowest BCUT2D eigenvalue weighted by Gasteiger charge is -2.27. The second kappa shape index (κ2) is 6.16. The summed E-state index contributed by atoms with van der Waals surface area (Å²) >= 11 is 0. The zero-order chi connectivity index (χ0) is 13.0. The minimum Gasteiger partial charge on any atom is -0.399 e. The number of nitrogen functional groups attached to an aromatic ring is 1. The summed E-state index contributed by atoms with van der Waals surface area (Å²) in [5.74, 6) is 0. The van der Waals surface area contributed by atoms with Crippen LogP contribution in [0.5, 0.6) is 0 Å². The molecule has 18 heavy (non-hydrogen) atoms. The Labute approximate surface area is 110 Å². The standard InChI is InChI=1S/C14H24N4/c1-3-18-8-4-5-14(18)11-17(2)10-13-9-12(15)6-7-16-13/h6-7,9,14H,3-5,8,10-11H2,1-2H3,(H2,15,16). The fraction of sp³-hybridized carbons (Fsp3) is 0.643. The Bertz CT molecular complexity index is 380. The topological polar surface area (TPSA) is 45.4 Å². The molecule has 0 aromatic carbocycles. The highest BCUT2D eigenvalue weighted by Gasteiger charge is 2.23. The van der Waals surface area contributed by atoms with E-state index < -0.39 is 0 Å². The second-order valence-corrected chi connectivity index (χ2v) is 5.20. The van der Waals surface area contributed by atoms with Gasteiger partial charge in [0.2, 0.25) is 0 Å². The summed E-state index contributed by atoms with van der Waals surface area (Å²) in [6.07, 6.45) is 4.44. The fourth-order valence-electron chi connectivity index (χ4n) is 2.80. The van der Waals surface area contributed by atoms with Gasteiger partial charge in [-0.05, 0) is 45.1 Å². The van der Waals surface area contributed by atoms with Crippen molar-refractivity contribution < 1.29 is 0 Å². The number of hydrogen-bond acceptors (Lipinski definition) is 4. The van der Waals surface area contributed by atoms with E-state index in [4.69, 9.17) is 5.73 Å². The van der Waals surface area contributed by atoms with Crippen molar-refractivity contribution in [3.8, 4) is 0 Å². The van der Waals surface area contributed by atoms with Crippen molar-refractivity contribution in [3.05, 3.63) is 24.0 Å². The molecule has 0 radical (unpaired) electrons. The molecule has 4 heteroatoms. The van der Waals surface area contributed by atoms with Crippen LogP contribution in [0, 0.1) is 0 Å². The number of aromatic nitrogens is 1. The minimum absolute atomic E-state index is 0.709. The molecule has 1 atom stereocenters. The van der Waals surface area contributed by atoms with Gasteiger partial charge in [0.25, 0.3) is 0 Å².